The summed E-state index contributed by atoms with van der Waals surface area (Å²) in [6.45, 7) is 1.69. The molecule has 1 aromatic heterocycles. The Morgan fingerprint density at radius 1 is 1.10 bits per heavy atom. The van der Waals surface area contributed by atoms with Gasteiger partial charge in [-0.1, -0.05) is 30.3 Å². The molecule has 1 N–H and O–H groups in total. The molecule has 3 rings (SSSR count). The van der Waals surface area contributed by atoms with Gasteiger partial charge in [-0.25, -0.2) is 4.98 Å². The average Bonchev–Trinajstić information content (AvgIpc) is 2.51. The lowest BCUT2D eigenvalue weighted by atomic mass is 10.1. The van der Waals surface area contributed by atoms with Crippen molar-refractivity contribution < 1.29 is 9.84 Å². The lowest BCUT2D eigenvalue weighted by molar-refractivity contribution is 0.194. The van der Waals surface area contributed by atoms with E-state index in [1.54, 1.807) is 19.2 Å². The van der Waals surface area contributed by atoms with Crippen LogP contribution in [-0.2, 0) is 0 Å². The number of pyridine rings is 1. The normalized spacial score (nSPS) is 12.3. The smallest absolute Gasteiger partial charge is 0.225 e. The zero-order valence-electron chi connectivity index (χ0n) is 11.5. The number of nitrogens with zero attached hydrogens (tertiary/aromatic N) is 1. The summed E-state index contributed by atoms with van der Waals surface area (Å²) >= 11 is 3.59. The molecule has 4 heteroatoms. The molecule has 0 bridgehead atoms. The van der Waals surface area contributed by atoms with Gasteiger partial charge in [-0.3, -0.25) is 0 Å². The quantitative estimate of drug-likeness (QED) is 0.739. The molecule has 0 fully saturated rings. The minimum absolute atomic E-state index is 0.420. The minimum Gasteiger partial charge on any atom is -0.437 e. The second-order valence-electron chi connectivity index (χ2n) is 4.77. The van der Waals surface area contributed by atoms with Gasteiger partial charge in [0, 0.05) is 11.8 Å². The molecule has 106 valence electrons. The summed E-state index contributed by atoms with van der Waals surface area (Å²) in [5.74, 6) is 1.10. The van der Waals surface area contributed by atoms with Crippen LogP contribution in [-0.4, -0.2) is 10.1 Å². The summed E-state index contributed by atoms with van der Waals surface area (Å²) in [6, 6.07) is 15.5. The lowest BCUT2D eigenvalue weighted by Gasteiger charge is -2.13. The van der Waals surface area contributed by atoms with Crippen molar-refractivity contribution in [3.8, 4) is 11.6 Å². The second-order valence-corrected chi connectivity index (χ2v) is 5.57. The fraction of sp³-hybridized carbons (Fsp3) is 0.118. The predicted octanol–water partition coefficient (Wildman–Crippen LogP) is 4.84. The first-order valence-corrected chi connectivity index (χ1v) is 7.44. The van der Waals surface area contributed by atoms with Gasteiger partial charge in [0.15, 0.2) is 0 Å². The van der Waals surface area contributed by atoms with Crippen LogP contribution in [0.15, 0.2) is 59.2 Å². The topological polar surface area (TPSA) is 42.4 Å². The Labute approximate surface area is 131 Å². The Balaban J connectivity index is 2.05. The van der Waals surface area contributed by atoms with Gasteiger partial charge in [0.05, 0.1) is 10.6 Å². The van der Waals surface area contributed by atoms with E-state index < -0.39 is 6.10 Å². The maximum atomic E-state index is 9.79. The molecule has 0 aliphatic rings. The first-order chi connectivity index (χ1) is 10.2. The van der Waals surface area contributed by atoms with E-state index in [4.69, 9.17) is 4.74 Å². The van der Waals surface area contributed by atoms with Gasteiger partial charge in [-0.2, -0.15) is 0 Å². The molecule has 0 amide bonds. The van der Waals surface area contributed by atoms with E-state index in [0.29, 0.717) is 17.2 Å². The number of rotatable bonds is 3. The number of fused-ring (bicyclic) bond motifs is 1. The summed E-state index contributed by atoms with van der Waals surface area (Å²) in [6.07, 6.45) is 1.02. The minimum atomic E-state index is -0.632. The number of aliphatic hydroxyl groups excluding tert-OH is 1. The van der Waals surface area contributed by atoms with Gasteiger partial charge in [0.1, 0.15) is 5.75 Å². The number of aromatic nitrogens is 1. The van der Waals surface area contributed by atoms with Crippen LogP contribution in [0.3, 0.4) is 0 Å². The van der Waals surface area contributed by atoms with E-state index in [1.807, 2.05) is 42.5 Å². The summed E-state index contributed by atoms with van der Waals surface area (Å²) in [7, 11) is 0. The summed E-state index contributed by atoms with van der Waals surface area (Å²) < 4.78 is 6.77. The molecule has 21 heavy (non-hydrogen) atoms. The molecule has 3 nitrogen and oxygen atoms in total. The third-order valence-corrected chi connectivity index (χ3v) is 4.10. The van der Waals surface area contributed by atoms with E-state index in [-0.39, 0.29) is 0 Å². The third-order valence-electron chi connectivity index (χ3n) is 3.29. The highest BCUT2D eigenvalue weighted by atomic mass is 79.9. The molecule has 0 saturated carbocycles. The molecule has 0 aliphatic heterocycles. The zero-order chi connectivity index (χ0) is 14.8. The summed E-state index contributed by atoms with van der Waals surface area (Å²) in [4.78, 5) is 4.21. The van der Waals surface area contributed by atoms with Gasteiger partial charge >= 0.3 is 0 Å². The Morgan fingerprint density at radius 2 is 1.90 bits per heavy atom. The molecular formula is C17H14BrNO2. The average molecular weight is 344 g/mol. The van der Waals surface area contributed by atoms with Crippen molar-refractivity contribution in [2.45, 2.75) is 13.0 Å². The fourth-order valence-electron chi connectivity index (χ4n) is 2.20. The molecule has 1 unspecified atom stereocenters. The molecule has 0 spiro atoms. The molecule has 1 heterocycles. The van der Waals surface area contributed by atoms with Crippen LogP contribution in [0, 0.1) is 0 Å². The first-order valence-electron chi connectivity index (χ1n) is 6.65. The molecule has 0 saturated heterocycles. The number of halogens is 1. The van der Waals surface area contributed by atoms with Crippen LogP contribution in [0.25, 0.3) is 10.8 Å². The second kappa shape index (κ2) is 5.84. The van der Waals surface area contributed by atoms with Crippen molar-refractivity contribution in [3.05, 3.63) is 64.8 Å². The number of hydrogen-bond donors (Lipinski definition) is 1. The van der Waals surface area contributed by atoms with Gasteiger partial charge in [0.25, 0.3) is 0 Å². The Kier molecular flexibility index (Phi) is 3.90. The van der Waals surface area contributed by atoms with Crippen molar-refractivity contribution in [2.24, 2.45) is 0 Å². The molecule has 0 radical (unpaired) electrons. The highest BCUT2D eigenvalue weighted by Gasteiger charge is 2.13. The van der Waals surface area contributed by atoms with Crippen molar-refractivity contribution in [1.82, 2.24) is 4.98 Å². The van der Waals surface area contributed by atoms with Gasteiger partial charge in [-0.15, -0.1) is 0 Å². The van der Waals surface area contributed by atoms with Gasteiger partial charge < -0.3 is 9.84 Å². The van der Waals surface area contributed by atoms with Crippen LogP contribution in [0.1, 0.15) is 18.6 Å². The molecule has 3 aromatic rings. The number of hydrogen-bond acceptors (Lipinski definition) is 3. The fourth-order valence-corrected chi connectivity index (χ4v) is 2.78. The van der Waals surface area contributed by atoms with E-state index in [1.165, 1.54) is 0 Å². The Morgan fingerprint density at radius 3 is 2.71 bits per heavy atom. The number of benzene rings is 2. The summed E-state index contributed by atoms with van der Waals surface area (Å²) in [5.41, 5.74) is 0.664. The van der Waals surface area contributed by atoms with Crippen LogP contribution >= 0.6 is 15.9 Å². The molecule has 1 atom stereocenters. The third kappa shape index (κ3) is 2.77. The van der Waals surface area contributed by atoms with E-state index in [2.05, 4.69) is 20.9 Å². The van der Waals surface area contributed by atoms with E-state index in [9.17, 15) is 5.11 Å². The van der Waals surface area contributed by atoms with Crippen LogP contribution in [0.5, 0.6) is 11.6 Å². The first kappa shape index (κ1) is 14.0. The van der Waals surface area contributed by atoms with E-state index >= 15 is 0 Å². The SMILES string of the molecule is CC(O)c1cccnc1Oc1ccc2ccccc2c1Br. The van der Waals surface area contributed by atoms with Crippen molar-refractivity contribution in [2.75, 3.05) is 0 Å². The highest BCUT2D eigenvalue weighted by molar-refractivity contribution is 9.10. The predicted molar refractivity (Wildman–Crippen MR) is 86.6 cm³/mol. The number of aliphatic hydroxyl groups is 1. The van der Waals surface area contributed by atoms with Crippen LogP contribution in [0.4, 0.5) is 0 Å². The standard InChI is InChI=1S/C17H14BrNO2/c1-11(20)13-7-4-10-19-17(13)21-15-9-8-12-5-2-3-6-14(12)16(15)18/h2-11,20H,1H3. The monoisotopic (exact) mass is 343 g/mol. The van der Waals surface area contributed by atoms with Gasteiger partial charge in [0.2, 0.25) is 5.88 Å². The molecule has 0 aliphatic carbocycles. The molecule has 2 aromatic carbocycles. The highest BCUT2D eigenvalue weighted by Crippen LogP contribution is 2.36. The van der Waals surface area contributed by atoms with E-state index in [0.717, 1.165) is 15.2 Å². The van der Waals surface area contributed by atoms with Crippen LogP contribution in [0.2, 0.25) is 0 Å². The number of ether oxygens (including phenoxy) is 1. The van der Waals surface area contributed by atoms with Crippen LogP contribution < -0.4 is 4.74 Å². The Hall–Kier alpha value is -1.91. The summed E-state index contributed by atoms with van der Waals surface area (Å²) in [5, 5.41) is 12.0. The lowest BCUT2D eigenvalue weighted by Crippen LogP contribution is -1.98. The Bertz CT molecular complexity index is 787. The largest absolute Gasteiger partial charge is 0.437 e. The van der Waals surface area contributed by atoms with Crippen molar-refractivity contribution in [1.29, 1.82) is 0 Å². The van der Waals surface area contributed by atoms with Gasteiger partial charge in [-0.05, 0) is 51.8 Å². The molecular weight excluding hydrogens is 330 g/mol. The van der Waals surface area contributed by atoms with Crippen molar-refractivity contribution >= 4 is 26.7 Å². The van der Waals surface area contributed by atoms with Crippen molar-refractivity contribution in [3.63, 3.8) is 0 Å². The maximum Gasteiger partial charge on any atom is 0.225 e. The maximum absolute atomic E-state index is 9.79. The zero-order valence-corrected chi connectivity index (χ0v) is 13.0.